The van der Waals surface area contributed by atoms with E-state index in [1.807, 2.05) is 27.7 Å². The van der Waals surface area contributed by atoms with Crippen LogP contribution < -0.4 is 5.73 Å². The van der Waals surface area contributed by atoms with Gasteiger partial charge in [0, 0.05) is 18.6 Å². The average molecular weight is 282 g/mol. The molecule has 0 radical (unpaired) electrons. The highest BCUT2D eigenvalue weighted by molar-refractivity contribution is 5.11. The molecule has 1 saturated heterocycles. The molecule has 6 nitrogen and oxygen atoms in total. The van der Waals surface area contributed by atoms with Crippen molar-refractivity contribution in [2.75, 3.05) is 26.2 Å². The van der Waals surface area contributed by atoms with Crippen LogP contribution in [0, 0.1) is 0 Å². The first-order valence-electron chi connectivity index (χ1n) is 7.22. The Morgan fingerprint density at radius 3 is 2.65 bits per heavy atom. The van der Waals surface area contributed by atoms with E-state index in [1.54, 1.807) is 0 Å². The van der Waals surface area contributed by atoms with Crippen molar-refractivity contribution in [3.8, 4) is 0 Å². The minimum Gasteiger partial charge on any atom is -0.367 e. The second-order valence-electron chi connectivity index (χ2n) is 6.56. The zero-order valence-electron chi connectivity index (χ0n) is 13.1. The first kappa shape index (κ1) is 15.4. The van der Waals surface area contributed by atoms with Crippen molar-refractivity contribution < 1.29 is 9.26 Å². The lowest BCUT2D eigenvalue weighted by Gasteiger charge is -2.35. The Morgan fingerprint density at radius 2 is 2.05 bits per heavy atom. The molecule has 0 amide bonds. The number of morpholine rings is 1. The largest absolute Gasteiger partial charge is 0.367 e. The molecular weight excluding hydrogens is 256 g/mol. The maximum Gasteiger partial charge on any atom is 0.234 e. The molecule has 1 atom stereocenters. The molecule has 2 N–H and O–H groups in total. The highest BCUT2D eigenvalue weighted by Crippen LogP contribution is 2.32. The Kier molecular flexibility index (Phi) is 4.18. The van der Waals surface area contributed by atoms with E-state index in [-0.39, 0.29) is 6.10 Å². The Balaban J connectivity index is 2.17. The third-order valence-electron chi connectivity index (χ3n) is 4.47. The van der Waals surface area contributed by atoms with Crippen LogP contribution in [0.15, 0.2) is 4.52 Å². The molecular formula is C14H26N4O2. The Labute approximate surface area is 120 Å². The molecule has 1 aromatic rings. The van der Waals surface area contributed by atoms with Gasteiger partial charge in [0.05, 0.1) is 12.0 Å². The quantitative estimate of drug-likeness (QED) is 0.901. The van der Waals surface area contributed by atoms with E-state index < -0.39 is 11.0 Å². The molecule has 1 aromatic heterocycles. The molecule has 2 rings (SSSR count). The van der Waals surface area contributed by atoms with Crippen LogP contribution in [0.1, 0.15) is 52.4 Å². The van der Waals surface area contributed by atoms with Crippen molar-refractivity contribution in [1.29, 1.82) is 0 Å². The molecule has 20 heavy (non-hydrogen) atoms. The van der Waals surface area contributed by atoms with Crippen molar-refractivity contribution >= 4 is 0 Å². The second kappa shape index (κ2) is 5.42. The van der Waals surface area contributed by atoms with Gasteiger partial charge in [-0.25, -0.2) is 0 Å². The lowest BCUT2D eigenvalue weighted by Crippen LogP contribution is -2.50. The van der Waals surface area contributed by atoms with Crippen LogP contribution in [0.4, 0.5) is 0 Å². The van der Waals surface area contributed by atoms with Crippen molar-refractivity contribution in [3.63, 3.8) is 0 Å². The van der Waals surface area contributed by atoms with E-state index in [1.165, 1.54) is 0 Å². The summed E-state index contributed by atoms with van der Waals surface area (Å²) in [5.74, 6) is 1.19. The van der Waals surface area contributed by atoms with Crippen molar-refractivity contribution in [2.24, 2.45) is 5.73 Å². The van der Waals surface area contributed by atoms with Crippen molar-refractivity contribution in [1.82, 2.24) is 15.0 Å². The maximum absolute atomic E-state index is 6.21. The predicted molar refractivity (Wildman–Crippen MR) is 76.4 cm³/mol. The molecule has 0 bridgehead atoms. The number of hydrogen-bond donors (Lipinski definition) is 1. The third-order valence-corrected chi connectivity index (χ3v) is 4.47. The van der Waals surface area contributed by atoms with E-state index in [9.17, 15) is 0 Å². The summed E-state index contributed by atoms with van der Waals surface area (Å²) < 4.78 is 11.2. The monoisotopic (exact) mass is 282 g/mol. The first-order valence-corrected chi connectivity index (χ1v) is 7.22. The Bertz CT molecular complexity index is 450. The molecule has 6 heteroatoms. The van der Waals surface area contributed by atoms with E-state index in [2.05, 4.69) is 22.0 Å². The average Bonchev–Trinajstić information content (AvgIpc) is 2.87. The minimum absolute atomic E-state index is 0.113. The summed E-state index contributed by atoms with van der Waals surface area (Å²) in [7, 11) is 0. The second-order valence-corrected chi connectivity index (χ2v) is 6.56. The van der Waals surface area contributed by atoms with Gasteiger partial charge < -0.3 is 15.0 Å². The number of aromatic nitrogens is 2. The summed E-state index contributed by atoms with van der Waals surface area (Å²) in [6.07, 6.45) is -0.113. The molecule has 0 saturated carbocycles. The van der Waals surface area contributed by atoms with Gasteiger partial charge in [0.2, 0.25) is 11.7 Å². The van der Waals surface area contributed by atoms with Gasteiger partial charge in [0.15, 0.2) is 0 Å². The van der Waals surface area contributed by atoms with Gasteiger partial charge in [0.25, 0.3) is 0 Å². The Hall–Kier alpha value is -0.980. The number of rotatable bonds is 4. The fraction of sp³-hybridized carbons (Fsp3) is 0.857. The van der Waals surface area contributed by atoms with E-state index in [0.717, 1.165) is 19.6 Å². The summed E-state index contributed by atoms with van der Waals surface area (Å²) in [4.78, 5) is 6.85. The van der Waals surface area contributed by atoms with Gasteiger partial charge >= 0.3 is 0 Å². The van der Waals surface area contributed by atoms with Crippen LogP contribution in [-0.2, 0) is 10.2 Å². The zero-order chi connectivity index (χ0) is 15.0. The summed E-state index contributed by atoms with van der Waals surface area (Å²) in [5.41, 5.74) is 5.37. The molecule has 1 unspecified atom stereocenters. The fourth-order valence-electron chi connectivity index (χ4n) is 2.04. The van der Waals surface area contributed by atoms with Crippen molar-refractivity contribution in [2.45, 2.75) is 51.7 Å². The minimum atomic E-state index is -0.445. The van der Waals surface area contributed by atoms with Crippen LogP contribution >= 0.6 is 0 Å². The molecule has 1 aliphatic rings. The van der Waals surface area contributed by atoms with E-state index in [0.29, 0.717) is 18.3 Å². The summed E-state index contributed by atoms with van der Waals surface area (Å²) in [6.45, 7) is 13.6. The number of hydrogen-bond acceptors (Lipinski definition) is 6. The topological polar surface area (TPSA) is 77.4 Å². The normalized spacial score (nSPS) is 22.2. The van der Waals surface area contributed by atoms with Gasteiger partial charge in [-0.2, -0.15) is 4.98 Å². The number of nitrogens with two attached hydrogens (primary N) is 1. The molecule has 114 valence electrons. The number of likely N-dealkylation sites (N-methyl/N-ethyl adjacent to an activating group) is 1. The van der Waals surface area contributed by atoms with Crippen molar-refractivity contribution in [3.05, 3.63) is 11.7 Å². The van der Waals surface area contributed by atoms with E-state index >= 15 is 0 Å². The van der Waals surface area contributed by atoms with Crippen LogP contribution in [0.2, 0.25) is 0 Å². The molecule has 0 aliphatic carbocycles. The molecule has 1 fully saturated rings. The van der Waals surface area contributed by atoms with Gasteiger partial charge in [-0.05, 0) is 34.2 Å². The highest BCUT2D eigenvalue weighted by atomic mass is 16.5. The van der Waals surface area contributed by atoms with Crippen LogP contribution in [0.5, 0.6) is 0 Å². The fourth-order valence-corrected chi connectivity index (χ4v) is 2.04. The molecule has 0 aromatic carbocycles. The van der Waals surface area contributed by atoms with Gasteiger partial charge in [-0.1, -0.05) is 12.1 Å². The van der Waals surface area contributed by atoms with Gasteiger partial charge in [0.1, 0.15) is 6.10 Å². The maximum atomic E-state index is 6.21. The Morgan fingerprint density at radius 1 is 1.35 bits per heavy atom. The van der Waals surface area contributed by atoms with Gasteiger partial charge in [-0.15, -0.1) is 0 Å². The van der Waals surface area contributed by atoms with Crippen LogP contribution in [0.25, 0.3) is 0 Å². The van der Waals surface area contributed by atoms with E-state index in [4.69, 9.17) is 15.0 Å². The molecule has 0 spiro atoms. The number of ether oxygens (including phenoxy) is 1. The molecule has 1 aliphatic heterocycles. The lowest BCUT2D eigenvalue weighted by molar-refractivity contribution is -0.0334. The van der Waals surface area contributed by atoms with Crippen LogP contribution in [-0.4, -0.2) is 46.8 Å². The SMILES string of the molecule is CCN1CCOC(c2noc(C(C)(C)C(C)(C)N)n2)C1. The summed E-state index contributed by atoms with van der Waals surface area (Å²) in [5, 5.41) is 4.10. The third kappa shape index (κ3) is 2.87. The van der Waals surface area contributed by atoms with Gasteiger partial charge in [-0.3, -0.25) is 4.90 Å². The smallest absolute Gasteiger partial charge is 0.234 e. The summed E-state index contributed by atoms with van der Waals surface area (Å²) in [6, 6.07) is 0. The molecule has 2 heterocycles. The lowest BCUT2D eigenvalue weighted by atomic mass is 9.75. The number of nitrogens with zero attached hydrogens (tertiary/aromatic N) is 3. The first-order chi connectivity index (χ1) is 9.25. The van der Waals surface area contributed by atoms with Crippen LogP contribution in [0.3, 0.4) is 0 Å². The highest BCUT2D eigenvalue weighted by Gasteiger charge is 2.41. The standard InChI is InChI=1S/C14H26N4O2/c1-6-18-7-8-19-10(9-18)11-16-12(20-17-11)13(2,3)14(4,5)15/h10H,6-9,15H2,1-5H3. The zero-order valence-corrected chi connectivity index (χ0v) is 13.1. The summed E-state index contributed by atoms with van der Waals surface area (Å²) >= 11 is 0. The predicted octanol–water partition coefficient (Wildman–Crippen LogP) is 1.48.